The second-order valence-corrected chi connectivity index (χ2v) is 3.28. The molecule has 1 amide bonds. The number of likely N-dealkylation sites (tertiary alicyclic amines) is 1. The molecule has 0 atom stereocenters. The van der Waals surface area contributed by atoms with Crippen LogP contribution in [0.4, 0.5) is 0 Å². The van der Waals surface area contributed by atoms with E-state index in [1.807, 2.05) is 4.90 Å². The van der Waals surface area contributed by atoms with E-state index in [1.165, 1.54) is 0 Å². The summed E-state index contributed by atoms with van der Waals surface area (Å²) >= 11 is 3.22. The van der Waals surface area contributed by atoms with Crippen LogP contribution in [0.3, 0.4) is 0 Å². The first-order valence-corrected chi connectivity index (χ1v) is 5.26. The molecular weight excluding hydrogens is 218 g/mol. The van der Waals surface area contributed by atoms with Crippen LogP contribution in [0, 0.1) is 11.8 Å². The van der Waals surface area contributed by atoms with Gasteiger partial charge in [-0.2, -0.15) is 0 Å². The fourth-order valence-electron chi connectivity index (χ4n) is 1.27. The highest BCUT2D eigenvalue weighted by molar-refractivity contribution is 9.09. The molecule has 2 nitrogen and oxygen atoms in total. The molecule has 0 radical (unpaired) electrons. The Labute approximate surface area is 81.4 Å². The first-order chi connectivity index (χ1) is 5.84. The molecule has 1 aliphatic rings. The Kier molecular flexibility index (Phi) is 4.16. The van der Waals surface area contributed by atoms with Crippen LogP contribution in [0.1, 0.15) is 19.3 Å². The van der Waals surface area contributed by atoms with Crippen molar-refractivity contribution in [3.05, 3.63) is 0 Å². The lowest BCUT2D eigenvalue weighted by molar-refractivity contribution is -0.127. The smallest absolute Gasteiger partial charge is 0.222 e. The minimum absolute atomic E-state index is 0.288. The Bertz CT molecular complexity index is 216. The Hall–Kier alpha value is -0.490. The van der Waals surface area contributed by atoms with Crippen molar-refractivity contribution in [2.24, 2.45) is 0 Å². The molecule has 12 heavy (non-hydrogen) atoms. The monoisotopic (exact) mass is 229 g/mol. The van der Waals surface area contributed by atoms with Crippen LogP contribution in [-0.4, -0.2) is 29.2 Å². The number of hydrogen-bond donors (Lipinski definition) is 0. The fraction of sp³-hybridized carbons (Fsp3) is 0.667. The maximum Gasteiger partial charge on any atom is 0.222 e. The zero-order valence-electron chi connectivity index (χ0n) is 6.98. The summed E-state index contributed by atoms with van der Waals surface area (Å²) in [5.41, 5.74) is 0. The van der Waals surface area contributed by atoms with E-state index in [0.717, 1.165) is 37.7 Å². The minimum atomic E-state index is 0.288. The van der Waals surface area contributed by atoms with Crippen molar-refractivity contribution in [3.8, 4) is 11.8 Å². The van der Waals surface area contributed by atoms with Crippen LogP contribution in [0.2, 0.25) is 0 Å². The van der Waals surface area contributed by atoms with Crippen LogP contribution >= 0.6 is 15.9 Å². The standard InChI is InChI=1S/C9H12BrNO/c10-6-2-1-3-7-11-8-4-5-9(11)12/h3-8H2. The van der Waals surface area contributed by atoms with E-state index < -0.39 is 0 Å². The molecule has 66 valence electrons. The van der Waals surface area contributed by atoms with Gasteiger partial charge in [0.1, 0.15) is 0 Å². The van der Waals surface area contributed by atoms with Gasteiger partial charge in [-0.3, -0.25) is 4.79 Å². The Balaban J connectivity index is 2.18. The van der Waals surface area contributed by atoms with E-state index in [4.69, 9.17) is 0 Å². The summed E-state index contributed by atoms with van der Waals surface area (Å²) in [5.74, 6) is 6.20. The highest BCUT2D eigenvalue weighted by Gasteiger charge is 2.18. The molecule has 0 aliphatic carbocycles. The lowest BCUT2D eigenvalue weighted by Gasteiger charge is -2.12. The number of carbonyl (C=O) groups excluding carboxylic acids is 1. The average Bonchev–Trinajstić information content (AvgIpc) is 2.46. The van der Waals surface area contributed by atoms with Crippen molar-refractivity contribution in [2.45, 2.75) is 19.3 Å². The van der Waals surface area contributed by atoms with Gasteiger partial charge in [-0.05, 0) is 6.42 Å². The highest BCUT2D eigenvalue weighted by atomic mass is 79.9. The third kappa shape index (κ3) is 2.86. The summed E-state index contributed by atoms with van der Waals surface area (Å²) in [6, 6.07) is 0. The van der Waals surface area contributed by atoms with Crippen LogP contribution in [-0.2, 0) is 4.79 Å². The van der Waals surface area contributed by atoms with Crippen LogP contribution < -0.4 is 0 Å². The third-order valence-corrected chi connectivity index (χ3v) is 2.15. The average molecular weight is 230 g/mol. The van der Waals surface area contributed by atoms with E-state index in [1.54, 1.807) is 0 Å². The maximum absolute atomic E-state index is 11.1. The van der Waals surface area contributed by atoms with Gasteiger partial charge in [-0.1, -0.05) is 21.9 Å². The van der Waals surface area contributed by atoms with Gasteiger partial charge in [-0.25, -0.2) is 0 Å². The summed E-state index contributed by atoms with van der Waals surface area (Å²) in [6.45, 7) is 1.73. The van der Waals surface area contributed by atoms with Crippen molar-refractivity contribution < 1.29 is 4.79 Å². The molecule has 0 bridgehead atoms. The number of rotatable bonds is 2. The zero-order chi connectivity index (χ0) is 8.81. The van der Waals surface area contributed by atoms with Gasteiger partial charge in [0, 0.05) is 25.9 Å². The summed E-state index contributed by atoms with van der Waals surface area (Å²) in [5, 5.41) is 0.723. The van der Waals surface area contributed by atoms with E-state index in [-0.39, 0.29) is 5.91 Å². The normalized spacial score (nSPS) is 16.1. The van der Waals surface area contributed by atoms with Crippen molar-refractivity contribution in [3.63, 3.8) is 0 Å². The molecule has 0 unspecified atom stereocenters. The van der Waals surface area contributed by atoms with Crippen molar-refractivity contribution in [1.29, 1.82) is 0 Å². The quantitative estimate of drug-likeness (QED) is 0.518. The van der Waals surface area contributed by atoms with Crippen molar-refractivity contribution >= 4 is 21.8 Å². The van der Waals surface area contributed by atoms with Gasteiger partial charge in [0.25, 0.3) is 0 Å². The summed E-state index contributed by atoms with van der Waals surface area (Å²) in [6.07, 6.45) is 2.55. The Morgan fingerprint density at radius 1 is 1.50 bits per heavy atom. The van der Waals surface area contributed by atoms with Gasteiger partial charge in [0.2, 0.25) is 5.91 Å². The Morgan fingerprint density at radius 2 is 2.33 bits per heavy atom. The molecule has 1 aliphatic heterocycles. The minimum Gasteiger partial charge on any atom is -0.342 e. The fourth-order valence-corrected chi connectivity index (χ4v) is 1.47. The topological polar surface area (TPSA) is 20.3 Å². The van der Waals surface area contributed by atoms with Gasteiger partial charge < -0.3 is 4.90 Å². The number of carbonyl (C=O) groups is 1. The molecule has 1 fully saturated rings. The molecule has 1 rings (SSSR count). The molecule has 1 heterocycles. The number of amides is 1. The van der Waals surface area contributed by atoms with Crippen LogP contribution in [0.5, 0.6) is 0 Å². The Morgan fingerprint density at radius 3 is 2.92 bits per heavy atom. The van der Waals surface area contributed by atoms with E-state index >= 15 is 0 Å². The predicted octanol–water partition coefficient (Wildman–Crippen LogP) is 1.40. The number of nitrogens with zero attached hydrogens (tertiary/aromatic N) is 1. The molecular formula is C9H12BrNO. The number of halogens is 1. The molecule has 0 N–H and O–H groups in total. The van der Waals surface area contributed by atoms with E-state index in [2.05, 4.69) is 27.8 Å². The summed E-state index contributed by atoms with van der Waals surface area (Å²) < 4.78 is 0. The second kappa shape index (κ2) is 5.21. The number of hydrogen-bond acceptors (Lipinski definition) is 1. The summed E-state index contributed by atoms with van der Waals surface area (Å²) in [7, 11) is 0. The van der Waals surface area contributed by atoms with E-state index in [0.29, 0.717) is 0 Å². The molecule has 0 aromatic heterocycles. The lowest BCUT2D eigenvalue weighted by atomic mass is 10.4. The number of alkyl halides is 1. The third-order valence-electron chi connectivity index (χ3n) is 1.87. The largest absolute Gasteiger partial charge is 0.342 e. The van der Waals surface area contributed by atoms with Crippen molar-refractivity contribution in [1.82, 2.24) is 4.90 Å². The summed E-state index contributed by atoms with van der Waals surface area (Å²) in [4.78, 5) is 13.0. The first-order valence-electron chi connectivity index (χ1n) is 4.14. The SMILES string of the molecule is O=C1CCCN1CCC#CCBr. The lowest BCUT2D eigenvalue weighted by Crippen LogP contribution is -2.25. The first kappa shape index (κ1) is 9.60. The molecule has 0 spiro atoms. The predicted molar refractivity (Wildman–Crippen MR) is 52.0 cm³/mol. The molecule has 3 heteroatoms. The van der Waals surface area contributed by atoms with Crippen molar-refractivity contribution in [2.75, 3.05) is 18.4 Å². The van der Waals surface area contributed by atoms with Crippen LogP contribution in [0.25, 0.3) is 0 Å². The van der Waals surface area contributed by atoms with Gasteiger partial charge in [-0.15, -0.1) is 5.92 Å². The van der Waals surface area contributed by atoms with Gasteiger partial charge in [0.15, 0.2) is 0 Å². The van der Waals surface area contributed by atoms with Crippen LogP contribution in [0.15, 0.2) is 0 Å². The van der Waals surface area contributed by atoms with E-state index in [9.17, 15) is 4.79 Å². The zero-order valence-corrected chi connectivity index (χ0v) is 8.56. The second-order valence-electron chi connectivity index (χ2n) is 2.72. The highest BCUT2D eigenvalue weighted by Crippen LogP contribution is 2.08. The molecule has 0 aromatic carbocycles. The van der Waals surface area contributed by atoms with Gasteiger partial charge >= 0.3 is 0 Å². The molecule has 0 saturated carbocycles. The molecule has 0 aromatic rings. The molecule has 1 saturated heterocycles. The maximum atomic E-state index is 11.1. The van der Waals surface area contributed by atoms with Gasteiger partial charge in [0.05, 0.1) is 5.33 Å².